The van der Waals surface area contributed by atoms with Gasteiger partial charge in [0.1, 0.15) is 5.75 Å². The van der Waals surface area contributed by atoms with E-state index in [9.17, 15) is 0 Å². The van der Waals surface area contributed by atoms with Gasteiger partial charge in [0.25, 0.3) is 0 Å². The zero-order valence-electron chi connectivity index (χ0n) is 19.2. The number of hydrogen-bond acceptors (Lipinski definition) is 5. The molecule has 33 heavy (non-hydrogen) atoms. The minimum absolute atomic E-state index is 0. The summed E-state index contributed by atoms with van der Waals surface area (Å²) in [6.45, 7) is 3.82. The number of nitrogens with zero attached hydrogens (tertiary/aromatic N) is 2. The van der Waals surface area contributed by atoms with Gasteiger partial charge in [-0.2, -0.15) is 0 Å². The van der Waals surface area contributed by atoms with Crippen LogP contribution in [0, 0.1) is 0 Å². The third-order valence-electron chi connectivity index (χ3n) is 4.63. The van der Waals surface area contributed by atoms with E-state index < -0.39 is 0 Å². The summed E-state index contributed by atoms with van der Waals surface area (Å²) in [6.07, 6.45) is 2.64. The number of hydrogen-bond donors (Lipinski definition) is 2. The molecule has 0 fully saturated rings. The Labute approximate surface area is 212 Å². The molecule has 8 heteroatoms. The molecule has 0 aliphatic heterocycles. The lowest BCUT2D eigenvalue weighted by Crippen LogP contribution is -2.36. The van der Waals surface area contributed by atoms with Gasteiger partial charge in [-0.05, 0) is 42.3 Å². The predicted molar refractivity (Wildman–Crippen MR) is 142 cm³/mol. The molecule has 0 unspecified atom stereocenters. The maximum absolute atomic E-state index is 6.11. The third kappa shape index (κ3) is 8.12. The van der Waals surface area contributed by atoms with Crippen LogP contribution in [0.25, 0.3) is 0 Å². The van der Waals surface area contributed by atoms with Gasteiger partial charge in [0, 0.05) is 31.9 Å². The average Bonchev–Trinajstić information content (AvgIpc) is 2.84. The summed E-state index contributed by atoms with van der Waals surface area (Å²) in [4.78, 5) is 8.72. The van der Waals surface area contributed by atoms with Gasteiger partial charge < -0.3 is 24.8 Å². The van der Waals surface area contributed by atoms with E-state index in [-0.39, 0.29) is 24.0 Å². The van der Waals surface area contributed by atoms with Gasteiger partial charge in [0.15, 0.2) is 17.5 Å². The highest BCUT2D eigenvalue weighted by Gasteiger charge is 2.11. The molecule has 0 saturated heterocycles. The summed E-state index contributed by atoms with van der Waals surface area (Å²) in [5.41, 5.74) is 2.00. The Morgan fingerprint density at radius 2 is 1.76 bits per heavy atom. The number of rotatable bonds is 10. The zero-order valence-corrected chi connectivity index (χ0v) is 21.5. The van der Waals surface area contributed by atoms with Crippen LogP contribution in [0.1, 0.15) is 24.5 Å². The molecule has 0 radical (unpaired) electrons. The van der Waals surface area contributed by atoms with E-state index in [4.69, 9.17) is 14.2 Å². The van der Waals surface area contributed by atoms with Gasteiger partial charge in [-0.1, -0.05) is 37.3 Å². The van der Waals surface area contributed by atoms with Crippen molar-refractivity contribution in [2.24, 2.45) is 4.99 Å². The Balaban J connectivity index is 0.00000385. The number of aliphatic imine (C=N–C) groups is 1. The molecule has 0 spiro atoms. The van der Waals surface area contributed by atoms with E-state index in [1.807, 2.05) is 60.7 Å². The fourth-order valence-electron chi connectivity index (χ4n) is 2.99. The van der Waals surface area contributed by atoms with Gasteiger partial charge in [-0.3, -0.25) is 4.99 Å². The maximum Gasteiger partial charge on any atom is 0.224 e. The van der Waals surface area contributed by atoms with Crippen molar-refractivity contribution in [3.63, 3.8) is 0 Å². The Bertz CT molecular complexity index is 1030. The molecule has 0 amide bonds. The maximum atomic E-state index is 6.11. The van der Waals surface area contributed by atoms with Crippen LogP contribution in [0.15, 0.2) is 71.9 Å². The lowest BCUT2D eigenvalue weighted by molar-refractivity contribution is 0.300. The highest BCUT2D eigenvalue weighted by atomic mass is 127. The first kappa shape index (κ1) is 26.2. The predicted octanol–water partition coefficient (Wildman–Crippen LogP) is 5.15. The van der Waals surface area contributed by atoms with Crippen LogP contribution in [0.2, 0.25) is 0 Å². The van der Waals surface area contributed by atoms with Gasteiger partial charge in [-0.15, -0.1) is 24.0 Å². The number of benzene rings is 2. The molecule has 0 atom stereocenters. The fourth-order valence-corrected chi connectivity index (χ4v) is 2.99. The summed E-state index contributed by atoms with van der Waals surface area (Å²) >= 11 is 0. The van der Waals surface area contributed by atoms with Crippen LogP contribution in [0.3, 0.4) is 0 Å². The molecule has 0 aliphatic carbocycles. The summed E-state index contributed by atoms with van der Waals surface area (Å²) in [7, 11) is 3.40. The number of ether oxygens (including phenoxy) is 3. The van der Waals surface area contributed by atoms with Crippen LogP contribution in [-0.2, 0) is 13.1 Å². The normalized spacial score (nSPS) is 10.7. The van der Waals surface area contributed by atoms with Crippen molar-refractivity contribution >= 4 is 29.9 Å². The second-order valence-electron chi connectivity index (χ2n) is 7.00. The van der Waals surface area contributed by atoms with E-state index in [1.54, 1.807) is 20.4 Å². The lowest BCUT2D eigenvalue weighted by atomic mass is 10.2. The molecule has 3 aromatic rings. The Hall–Kier alpha value is -3.01. The number of para-hydroxylation sites is 2. The molecule has 0 aliphatic rings. The largest absolute Gasteiger partial charge is 0.497 e. The van der Waals surface area contributed by atoms with Crippen LogP contribution in [0.5, 0.6) is 23.1 Å². The molecule has 0 saturated carbocycles. The molecular weight excluding hydrogens is 531 g/mol. The van der Waals surface area contributed by atoms with Crippen LogP contribution in [-0.4, -0.2) is 31.7 Å². The van der Waals surface area contributed by atoms with Crippen LogP contribution in [0.4, 0.5) is 0 Å². The summed E-state index contributed by atoms with van der Waals surface area (Å²) in [5.74, 6) is 3.37. The summed E-state index contributed by atoms with van der Waals surface area (Å²) in [6, 6.07) is 19.4. The molecule has 3 rings (SSSR count). The van der Waals surface area contributed by atoms with Crippen molar-refractivity contribution in [3.8, 4) is 23.1 Å². The molecule has 7 nitrogen and oxygen atoms in total. The van der Waals surface area contributed by atoms with Gasteiger partial charge in [-0.25, -0.2) is 4.98 Å². The summed E-state index contributed by atoms with van der Waals surface area (Å²) in [5, 5.41) is 6.63. The Morgan fingerprint density at radius 3 is 2.52 bits per heavy atom. The smallest absolute Gasteiger partial charge is 0.224 e. The van der Waals surface area contributed by atoms with Crippen molar-refractivity contribution in [2.75, 3.05) is 20.8 Å². The first-order chi connectivity index (χ1) is 15.7. The van der Waals surface area contributed by atoms with Crippen molar-refractivity contribution in [2.45, 2.75) is 26.4 Å². The van der Waals surface area contributed by atoms with Crippen molar-refractivity contribution in [3.05, 3.63) is 78.0 Å². The highest BCUT2D eigenvalue weighted by Crippen LogP contribution is 2.31. The van der Waals surface area contributed by atoms with Crippen molar-refractivity contribution in [1.82, 2.24) is 15.6 Å². The third-order valence-corrected chi connectivity index (χ3v) is 4.63. The first-order valence-electron chi connectivity index (χ1n) is 10.6. The van der Waals surface area contributed by atoms with Crippen LogP contribution >= 0.6 is 24.0 Å². The number of methoxy groups -OCH3 is 1. The molecular formula is C25H31IN4O3. The number of guanidine groups is 1. The van der Waals surface area contributed by atoms with Crippen molar-refractivity contribution < 1.29 is 14.2 Å². The van der Waals surface area contributed by atoms with E-state index >= 15 is 0 Å². The second-order valence-corrected chi connectivity index (χ2v) is 7.00. The van der Waals surface area contributed by atoms with E-state index in [0.29, 0.717) is 43.0 Å². The van der Waals surface area contributed by atoms with E-state index in [1.165, 1.54) is 0 Å². The Kier molecular flexibility index (Phi) is 11.3. The Morgan fingerprint density at radius 1 is 0.970 bits per heavy atom. The zero-order chi connectivity index (χ0) is 22.6. The number of nitrogens with one attached hydrogen (secondary N) is 2. The standard InChI is InChI=1S/C25H30N4O3.HI/c1-4-15-31-22-12-5-6-13-23(22)32-24-20(10-8-14-27-24)18-29-25(26-2)28-17-19-9-7-11-21(16-19)30-3;/h5-14,16H,4,15,17-18H2,1-3H3,(H2,26,28,29);1H. The fraction of sp³-hybridized carbons (Fsp3) is 0.280. The molecule has 2 N–H and O–H groups in total. The topological polar surface area (TPSA) is 77.0 Å². The lowest BCUT2D eigenvalue weighted by Gasteiger charge is -2.15. The van der Waals surface area contributed by atoms with E-state index in [2.05, 4.69) is 27.5 Å². The minimum Gasteiger partial charge on any atom is -0.497 e. The number of halogens is 1. The molecule has 1 heterocycles. The van der Waals surface area contributed by atoms with Crippen LogP contribution < -0.4 is 24.8 Å². The molecule has 1 aromatic heterocycles. The monoisotopic (exact) mass is 562 g/mol. The summed E-state index contributed by atoms with van der Waals surface area (Å²) < 4.78 is 17.2. The SMILES string of the molecule is CCCOc1ccccc1Oc1ncccc1CNC(=NC)NCc1cccc(OC)c1.I. The molecule has 2 aromatic carbocycles. The minimum atomic E-state index is 0. The first-order valence-corrected chi connectivity index (χ1v) is 10.6. The highest BCUT2D eigenvalue weighted by molar-refractivity contribution is 14.0. The second kappa shape index (κ2) is 14.2. The number of aromatic nitrogens is 1. The molecule has 0 bridgehead atoms. The quantitative estimate of drug-likeness (QED) is 0.202. The number of pyridine rings is 1. The van der Waals surface area contributed by atoms with E-state index in [0.717, 1.165) is 23.3 Å². The van der Waals surface area contributed by atoms with Gasteiger partial charge in [0.2, 0.25) is 5.88 Å². The van der Waals surface area contributed by atoms with Gasteiger partial charge >= 0.3 is 0 Å². The average molecular weight is 562 g/mol. The van der Waals surface area contributed by atoms with Crippen molar-refractivity contribution in [1.29, 1.82) is 0 Å². The molecule has 176 valence electrons. The van der Waals surface area contributed by atoms with Gasteiger partial charge in [0.05, 0.1) is 13.7 Å².